The summed E-state index contributed by atoms with van der Waals surface area (Å²) in [6.45, 7) is 1.84. The van der Waals surface area contributed by atoms with Crippen LogP contribution in [0.25, 0.3) is 6.08 Å². The Balaban J connectivity index is 1.84. The molecule has 0 saturated heterocycles. The molecule has 1 amide bonds. The van der Waals surface area contributed by atoms with Crippen molar-refractivity contribution in [3.8, 4) is 17.6 Å². The zero-order chi connectivity index (χ0) is 24.9. The second-order valence-electron chi connectivity index (χ2n) is 7.01. The van der Waals surface area contributed by atoms with Gasteiger partial charge in [0.2, 0.25) is 0 Å². The standard InChI is InChI=1S/C24H18Cl2N2O5S/c1-15-3-7-19(8-4-15)34(30,31)33-22-10-5-16(12-23(22)32-2)11-17(14-27)24(29)28-18-6-9-20(25)21(26)13-18/h3-13H,1-2H3,(H,28,29)/b17-11-. The summed E-state index contributed by atoms with van der Waals surface area (Å²) in [6.07, 6.45) is 1.33. The van der Waals surface area contributed by atoms with E-state index >= 15 is 0 Å². The summed E-state index contributed by atoms with van der Waals surface area (Å²) in [5, 5.41) is 12.6. The van der Waals surface area contributed by atoms with E-state index in [1.807, 2.05) is 13.0 Å². The molecule has 0 saturated carbocycles. The topological polar surface area (TPSA) is 105 Å². The normalized spacial score (nSPS) is 11.4. The van der Waals surface area contributed by atoms with Gasteiger partial charge in [-0.2, -0.15) is 13.7 Å². The van der Waals surface area contributed by atoms with E-state index in [4.69, 9.17) is 32.1 Å². The van der Waals surface area contributed by atoms with Crippen LogP contribution in [0.15, 0.2) is 71.1 Å². The SMILES string of the molecule is COc1cc(/C=C(/C#N)C(=O)Nc2ccc(Cl)c(Cl)c2)ccc1OS(=O)(=O)c1ccc(C)cc1. The highest BCUT2D eigenvalue weighted by Gasteiger charge is 2.19. The molecule has 0 aromatic heterocycles. The molecule has 3 aromatic rings. The summed E-state index contributed by atoms with van der Waals surface area (Å²) in [4.78, 5) is 12.5. The first-order valence-corrected chi connectivity index (χ1v) is 11.9. The minimum Gasteiger partial charge on any atom is -0.493 e. The lowest BCUT2D eigenvalue weighted by Crippen LogP contribution is -2.13. The average molecular weight is 517 g/mol. The summed E-state index contributed by atoms with van der Waals surface area (Å²) < 4.78 is 35.7. The number of carbonyl (C=O) groups excluding carboxylic acids is 1. The Hall–Kier alpha value is -3.51. The van der Waals surface area contributed by atoms with Crippen molar-refractivity contribution in [3.05, 3.63) is 87.4 Å². The van der Waals surface area contributed by atoms with Gasteiger partial charge >= 0.3 is 10.1 Å². The number of nitrogens with one attached hydrogen (secondary N) is 1. The first-order valence-electron chi connectivity index (χ1n) is 9.70. The van der Waals surface area contributed by atoms with Crippen LogP contribution in [-0.2, 0) is 14.9 Å². The van der Waals surface area contributed by atoms with Crippen LogP contribution < -0.4 is 14.2 Å². The molecule has 0 fully saturated rings. The average Bonchev–Trinajstić information content (AvgIpc) is 2.80. The fraction of sp³-hybridized carbons (Fsp3) is 0.0833. The van der Waals surface area contributed by atoms with Crippen LogP contribution in [0.3, 0.4) is 0 Å². The number of aryl methyl sites for hydroxylation is 1. The van der Waals surface area contributed by atoms with Gasteiger partial charge in [-0.3, -0.25) is 4.79 Å². The van der Waals surface area contributed by atoms with E-state index in [-0.39, 0.29) is 27.0 Å². The Kier molecular flexibility index (Phi) is 7.84. The van der Waals surface area contributed by atoms with Crippen molar-refractivity contribution in [2.45, 2.75) is 11.8 Å². The number of rotatable bonds is 7. The molecule has 34 heavy (non-hydrogen) atoms. The molecule has 174 valence electrons. The number of ether oxygens (including phenoxy) is 1. The minimum absolute atomic E-state index is 0.00475. The van der Waals surface area contributed by atoms with Gasteiger partial charge in [-0.15, -0.1) is 0 Å². The van der Waals surface area contributed by atoms with Gasteiger partial charge in [-0.05, 0) is 61.0 Å². The molecule has 0 heterocycles. The molecule has 0 spiro atoms. The Morgan fingerprint density at radius 3 is 2.32 bits per heavy atom. The fourth-order valence-electron chi connectivity index (χ4n) is 2.80. The summed E-state index contributed by atoms with van der Waals surface area (Å²) in [6, 6.07) is 16.9. The number of methoxy groups -OCH3 is 1. The number of carbonyl (C=O) groups is 1. The maximum Gasteiger partial charge on any atom is 0.339 e. The van der Waals surface area contributed by atoms with Gasteiger partial charge in [0, 0.05) is 5.69 Å². The molecule has 1 N–H and O–H groups in total. The molecule has 0 aliphatic rings. The number of amides is 1. The molecule has 0 aliphatic heterocycles. The van der Waals surface area contributed by atoms with Crippen LogP contribution in [0.5, 0.6) is 11.5 Å². The van der Waals surface area contributed by atoms with Crippen molar-refractivity contribution < 1.29 is 22.1 Å². The van der Waals surface area contributed by atoms with Crippen LogP contribution in [0.4, 0.5) is 5.69 Å². The number of hydrogen-bond acceptors (Lipinski definition) is 6. The quantitative estimate of drug-likeness (QED) is 0.248. The third kappa shape index (κ3) is 6.08. The summed E-state index contributed by atoms with van der Waals surface area (Å²) in [7, 11) is -2.75. The molecule has 0 aliphatic carbocycles. The van der Waals surface area contributed by atoms with E-state index in [2.05, 4.69) is 5.32 Å². The van der Waals surface area contributed by atoms with Crippen molar-refractivity contribution in [1.29, 1.82) is 5.26 Å². The molecule has 7 nitrogen and oxygen atoms in total. The van der Waals surface area contributed by atoms with Crippen LogP contribution in [0.2, 0.25) is 10.0 Å². The Morgan fingerprint density at radius 1 is 1.00 bits per heavy atom. The highest BCUT2D eigenvalue weighted by Crippen LogP contribution is 2.32. The largest absolute Gasteiger partial charge is 0.493 e. The van der Waals surface area contributed by atoms with Crippen LogP contribution in [0.1, 0.15) is 11.1 Å². The lowest BCUT2D eigenvalue weighted by molar-refractivity contribution is -0.112. The molecule has 0 bridgehead atoms. The van der Waals surface area contributed by atoms with Crippen molar-refractivity contribution >= 4 is 51.0 Å². The second-order valence-corrected chi connectivity index (χ2v) is 9.37. The number of hydrogen-bond donors (Lipinski definition) is 1. The molecular formula is C24H18Cl2N2O5S. The maximum absolute atomic E-state index is 12.6. The molecular weight excluding hydrogens is 499 g/mol. The number of nitriles is 1. The molecule has 0 atom stereocenters. The highest BCUT2D eigenvalue weighted by atomic mass is 35.5. The number of halogens is 2. The van der Waals surface area contributed by atoms with Crippen molar-refractivity contribution in [1.82, 2.24) is 0 Å². The van der Waals surface area contributed by atoms with Gasteiger partial charge in [0.05, 0.1) is 17.2 Å². The van der Waals surface area contributed by atoms with Crippen LogP contribution >= 0.6 is 23.2 Å². The smallest absolute Gasteiger partial charge is 0.339 e. The van der Waals surface area contributed by atoms with E-state index in [1.54, 1.807) is 18.2 Å². The number of nitrogens with zero attached hydrogens (tertiary/aromatic N) is 1. The van der Waals surface area contributed by atoms with Gasteiger partial charge in [-0.1, -0.05) is 47.0 Å². The lowest BCUT2D eigenvalue weighted by Gasteiger charge is -2.12. The molecule has 3 rings (SSSR count). The van der Waals surface area contributed by atoms with Gasteiger partial charge in [0.25, 0.3) is 5.91 Å². The molecule has 10 heteroatoms. The third-order valence-corrected chi connectivity index (χ3v) is 6.54. The maximum atomic E-state index is 12.6. The van der Waals surface area contributed by atoms with Crippen molar-refractivity contribution in [3.63, 3.8) is 0 Å². The van der Waals surface area contributed by atoms with E-state index in [1.165, 1.54) is 55.7 Å². The van der Waals surface area contributed by atoms with E-state index in [9.17, 15) is 18.5 Å². The Labute approximate surface area is 207 Å². The van der Waals surface area contributed by atoms with Gasteiger partial charge in [0.15, 0.2) is 11.5 Å². The van der Waals surface area contributed by atoms with Crippen molar-refractivity contribution in [2.24, 2.45) is 0 Å². The van der Waals surface area contributed by atoms with E-state index < -0.39 is 16.0 Å². The summed E-state index contributed by atoms with van der Waals surface area (Å²) in [5.74, 6) is -0.604. The first kappa shape index (κ1) is 25.1. The first-order chi connectivity index (χ1) is 16.1. The Morgan fingerprint density at radius 2 is 1.71 bits per heavy atom. The predicted octanol–water partition coefficient (Wildman–Crippen LogP) is 5.62. The molecule has 3 aromatic carbocycles. The van der Waals surface area contributed by atoms with Crippen molar-refractivity contribution in [2.75, 3.05) is 12.4 Å². The fourth-order valence-corrected chi connectivity index (χ4v) is 4.04. The molecule has 0 radical (unpaired) electrons. The highest BCUT2D eigenvalue weighted by molar-refractivity contribution is 7.87. The second kappa shape index (κ2) is 10.6. The van der Waals surface area contributed by atoms with Crippen LogP contribution in [-0.4, -0.2) is 21.4 Å². The number of anilines is 1. The summed E-state index contributed by atoms with van der Waals surface area (Å²) in [5.41, 5.74) is 1.49. The minimum atomic E-state index is -4.09. The lowest BCUT2D eigenvalue weighted by atomic mass is 10.1. The monoisotopic (exact) mass is 516 g/mol. The van der Waals surface area contributed by atoms with Gasteiger partial charge < -0.3 is 14.2 Å². The zero-order valence-electron chi connectivity index (χ0n) is 18.0. The molecule has 0 unspecified atom stereocenters. The predicted molar refractivity (Wildman–Crippen MR) is 131 cm³/mol. The summed E-state index contributed by atoms with van der Waals surface area (Å²) >= 11 is 11.8. The van der Waals surface area contributed by atoms with Gasteiger partial charge in [-0.25, -0.2) is 0 Å². The van der Waals surface area contributed by atoms with E-state index in [0.29, 0.717) is 16.3 Å². The Bertz CT molecular complexity index is 1410. The van der Waals surface area contributed by atoms with E-state index in [0.717, 1.165) is 5.56 Å². The van der Waals surface area contributed by atoms with Crippen LogP contribution in [0, 0.1) is 18.3 Å². The third-order valence-electron chi connectivity index (χ3n) is 4.55. The number of benzene rings is 3. The van der Waals surface area contributed by atoms with Gasteiger partial charge in [0.1, 0.15) is 16.5 Å². The zero-order valence-corrected chi connectivity index (χ0v) is 20.3.